The number of carbonyl (C=O) groups is 1. The Morgan fingerprint density at radius 3 is 2.79 bits per heavy atom. The maximum Gasteiger partial charge on any atom is 0.321 e. The molecule has 0 radical (unpaired) electrons. The number of imidazole rings is 1. The zero-order valence-corrected chi connectivity index (χ0v) is 13.2. The summed E-state index contributed by atoms with van der Waals surface area (Å²) in [5, 5.41) is 8.96. The van der Waals surface area contributed by atoms with Crippen LogP contribution in [0.3, 0.4) is 0 Å². The summed E-state index contributed by atoms with van der Waals surface area (Å²) in [7, 11) is 1.77. The van der Waals surface area contributed by atoms with E-state index in [4.69, 9.17) is 4.52 Å². The zero-order valence-electron chi connectivity index (χ0n) is 13.2. The fourth-order valence-electron chi connectivity index (χ4n) is 2.35. The predicted octanol–water partition coefficient (Wildman–Crippen LogP) is 2.77. The van der Waals surface area contributed by atoms with E-state index in [2.05, 4.69) is 20.8 Å². The Bertz CT molecular complexity index is 858. The van der Waals surface area contributed by atoms with Crippen LogP contribution in [0.2, 0.25) is 0 Å². The molecule has 1 atom stereocenters. The second-order valence-corrected chi connectivity index (χ2v) is 5.27. The predicted molar refractivity (Wildman–Crippen MR) is 84.8 cm³/mol. The molecule has 1 aromatic carbocycles. The molecule has 2 amide bonds. The van der Waals surface area contributed by atoms with Crippen molar-refractivity contribution in [3.05, 3.63) is 65.7 Å². The highest BCUT2D eigenvalue weighted by molar-refractivity contribution is 5.88. The first-order valence-corrected chi connectivity index (χ1v) is 7.27. The average Bonchev–Trinajstić information content (AvgIpc) is 3.14. The number of anilines is 1. The van der Waals surface area contributed by atoms with E-state index in [0.29, 0.717) is 17.1 Å². The molecule has 0 saturated carbocycles. The number of hydrogen-bond acceptors (Lipinski definition) is 4. The molecular weight excluding hydrogens is 313 g/mol. The Kier molecular flexibility index (Phi) is 4.28. The number of amides is 2. The van der Waals surface area contributed by atoms with E-state index >= 15 is 0 Å². The molecule has 8 heteroatoms. The van der Waals surface area contributed by atoms with Gasteiger partial charge in [-0.25, -0.2) is 14.2 Å². The molecule has 2 N–H and O–H groups in total. The maximum absolute atomic E-state index is 14.2. The van der Waals surface area contributed by atoms with Gasteiger partial charge in [-0.15, -0.1) is 0 Å². The van der Waals surface area contributed by atoms with Gasteiger partial charge in [-0.1, -0.05) is 23.4 Å². The van der Waals surface area contributed by atoms with Crippen LogP contribution in [0.4, 0.5) is 15.0 Å². The first-order chi connectivity index (χ1) is 11.5. The largest absolute Gasteiger partial charge is 0.360 e. The molecule has 0 unspecified atom stereocenters. The zero-order chi connectivity index (χ0) is 17.1. The molecule has 0 bridgehead atoms. The van der Waals surface area contributed by atoms with E-state index in [0.717, 1.165) is 0 Å². The number of aromatic nitrogens is 3. The van der Waals surface area contributed by atoms with Crippen LogP contribution in [0.25, 0.3) is 0 Å². The van der Waals surface area contributed by atoms with E-state index in [1.807, 2.05) is 0 Å². The molecule has 0 aliphatic rings. The summed E-state index contributed by atoms with van der Waals surface area (Å²) in [6.07, 6.45) is 3.31. The number of nitrogens with zero attached hydrogens (tertiary/aromatic N) is 3. The number of nitrogens with one attached hydrogen (secondary N) is 2. The van der Waals surface area contributed by atoms with Crippen molar-refractivity contribution in [2.24, 2.45) is 7.05 Å². The van der Waals surface area contributed by atoms with E-state index in [1.165, 1.54) is 6.07 Å². The minimum atomic E-state index is -0.751. The average molecular weight is 329 g/mol. The number of benzene rings is 1. The number of hydrogen-bond donors (Lipinski definition) is 2. The number of halogens is 1. The SMILES string of the molecule is Cc1cc(NC(=O)N[C@H](c2ccccc2F)c2nccn2C)no1. The molecule has 24 heavy (non-hydrogen) atoms. The molecule has 0 aliphatic heterocycles. The van der Waals surface area contributed by atoms with Gasteiger partial charge < -0.3 is 14.4 Å². The Morgan fingerprint density at radius 1 is 1.38 bits per heavy atom. The Morgan fingerprint density at radius 2 is 2.17 bits per heavy atom. The molecule has 0 aliphatic carbocycles. The highest BCUT2D eigenvalue weighted by atomic mass is 19.1. The van der Waals surface area contributed by atoms with Gasteiger partial charge in [-0.2, -0.15) is 0 Å². The van der Waals surface area contributed by atoms with Crippen molar-refractivity contribution in [1.29, 1.82) is 0 Å². The fraction of sp³-hybridized carbons (Fsp3) is 0.188. The van der Waals surface area contributed by atoms with E-state index < -0.39 is 17.9 Å². The van der Waals surface area contributed by atoms with Crippen LogP contribution in [0.1, 0.15) is 23.2 Å². The quantitative estimate of drug-likeness (QED) is 0.771. The van der Waals surface area contributed by atoms with Crippen molar-refractivity contribution in [3.8, 4) is 0 Å². The third-order valence-electron chi connectivity index (χ3n) is 3.48. The fourth-order valence-corrected chi connectivity index (χ4v) is 2.35. The van der Waals surface area contributed by atoms with Gasteiger partial charge in [-0.05, 0) is 13.0 Å². The monoisotopic (exact) mass is 329 g/mol. The number of carbonyl (C=O) groups excluding carboxylic acids is 1. The molecule has 124 valence electrons. The standard InChI is InChI=1S/C16H16FN5O2/c1-10-9-13(21-24-10)19-16(23)20-14(15-18-7-8-22(15)2)11-5-3-4-6-12(11)17/h3-9,14H,1-2H3,(H2,19,20,21,23)/t14-/m1/s1. The van der Waals surface area contributed by atoms with Gasteiger partial charge in [0, 0.05) is 31.1 Å². The smallest absolute Gasteiger partial charge is 0.321 e. The van der Waals surface area contributed by atoms with Crippen LogP contribution < -0.4 is 10.6 Å². The summed E-state index contributed by atoms with van der Waals surface area (Å²) in [6, 6.07) is 6.53. The molecular formula is C16H16FN5O2. The number of urea groups is 1. The van der Waals surface area contributed by atoms with E-state index in [-0.39, 0.29) is 5.82 Å². The number of rotatable bonds is 4. The Labute approximate surface area is 137 Å². The number of aryl methyl sites for hydroxylation is 2. The van der Waals surface area contributed by atoms with Crippen LogP contribution in [0.5, 0.6) is 0 Å². The third-order valence-corrected chi connectivity index (χ3v) is 3.48. The molecule has 2 aromatic heterocycles. The molecule has 0 fully saturated rings. The lowest BCUT2D eigenvalue weighted by Crippen LogP contribution is -2.35. The Hall–Kier alpha value is -3.16. The molecule has 7 nitrogen and oxygen atoms in total. The van der Waals surface area contributed by atoms with Gasteiger partial charge >= 0.3 is 6.03 Å². The second-order valence-electron chi connectivity index (χ2n) is 5.27. The lowest BCUT2D eigenvalue weighted by atomic mass is 10.1. The van der Waals surface area contributed by atoms with Crippen molar-refractivity contribution < 1.29 is 13.7 Å². The highest BCUT2D eigenvalue weighted by Gasteiger charge is 2.23. The minimum absolute atomic E-state index is 0.275. The molecule has 0 spiro atoms. The molecule has 0 saturated heterocycles. The molecule has 3 rings (SSSR count). The van der Waals surface area contributed by atoms with Gasteiger partial charge in [-0.3, -0.25) is 5.32 Å². The summed E-state index contributed by atoms with van der Waals surface area (Å²) in [5.41, 5.74) is 0.318. The van der Waals surface area contributed by atoms with E-state index in [1.54, 1.807) is 55.2 Å². The summed E-state index contributed by atoms with van der Waals surface area (Å²) in [4.78, 5) is 16.5. The van der Waals surface area contributed by atoms with Crippen LogP contribution in [0.15, 0.2) is 47.2 Å². The van der Waals surface area contributed by atoms with Crippen molar-refractivity contribution in [2.45, 2.75) is 13.0 Å². The van der Waals surface area contributed by atoms with Gasteiger partial charge in [0.2, 0.25) is 0 Å². The minimum Gasteiger partial charge on any atom is -0.360 e. The van der Waals surface area contributed by atoms with E-state index in [9.17, 15) is 9.18 Å². The molecule has 3 aromatic rings. The van der Waals surface area contributed by atoms with Crippen molar-refractivity contribution in [3.63, 3.8) is 0 Å². The van der Waals surface area contributed by atoms with Gasteiger partial charge in [0.05, 0.1) is 0 Å². The van der Waals surface area contributed by atoms with Crippen LogP contribution in [-0.2, 0) is 7.05 Å². The second kappa shape index (κ2) is 6.53. The van der Waals surface area contributed by atoms with Crippen molar-refractivity contribution in [2.75, 3.05) is 5.32 Å². The maximum atomic E-state index is 14.2. The Balaban J connectivity index is 1.87. The van der Waals surface area contributed by atoms with Crippen LogP contribution in [-0.4, -0.2) is 20.7 Å². The van der Waals surface area contributed by atoms with Gasteiger partial charge in [0.25, 0.3) is 0 Å². The van der Waals surface area contributed by atoms with Gasteiger partial charge in [0.1, 0.15) is 23.4 Å². The first-order valence-electron chi connectivity index (χ1n) is 7.27. The molecule has 2 heterocycles. The first kappa shape index (κ1) is 15.7. The summed E-state index contributed by atoms with van der Waals surface area (Å²) < 4.78 is 20.8. The lowest BCUT2D eigenvalue weighted by Gasteiger charge is -2.19. The summed E-state index contributed by atoms with van der Waals surface area (Å²) in [5.74, 6) is 0.923. The van der Waals surface area contributed by atoms with Crippen molar-refractivity contribution in [1.82, 2.24) is 20.0 Å². The van der Waals surface area contributed by atoms with Crippen LogP contribution >= 0.6 is 0 Å². The summed E-state index contributed by atoms with van der Waals surface area (Å²) >= 11 is 0. The normalized spacial score (nSPS) is 12.0. The van der Waals surface area contributed by atoms with Gasteiger partial charge in [0.15, 0.2) is 5.82 Å². The summed E-state index contributed by atoms with van der Waals surface area (Å²) in [6.45, 7) is 1.71. The highest BCUT2D eigenvalue weighted by Crippen LogP contribution is 2.23. The topological polar surface area (TPSA) is 85.0 Å². The van der Waals surface area contributed by atoms with Crippen molar-refractivity contribution >= 4 is 11.8 Å². The lowest BCUT2D eigenvalue weighted by molar-refractivity contribution is 0.249. The third kappa shape index (κ3) is 3.27. The van der Waals surface area contributed by atoms with Crippen LogP contribution in [0, 0.1) is 12.7 Å².